The summed E-state index contributed by atoms with van der Waals surface area (Å²) in [5.74, 6) is -0.324. The van der Waals surface area contributed by atoms with Crippen LogP contribution in [0.5, 0.6) is 0 Å². The van der Waals surface area contributed by atoms with Gasteiger partial charge in [-0.25, -0.2) is 4.79 Å². The second-order valence-electron chi connectivity index (χ2n) is 6.08. The quantitative estimate of drug-likeness (QED) is 0.850. The van der Waals surface area contributed by atoms with Crippen LogP contribution < -0.4 is 16.1 Å². The molecule has 126 valence electrons. The van der Waals surface area contributed by atoms with Crippen molar-refractivity contribution in [2.45, 2.75) is 19.9 Å². The Morgan fingerprint density at radius 2 is 1.92 bits per heavy atom. The van der Waals surface area contributed by atoms with Gasteiger partial charge in [-0.3, -0.25) is 14.6 Å². The van der Waals surface area contributed by atoms with Crippen LogP contribution in [0.3, 0.4) is 0 Å². The van der Waals surface area contributed by atoms with Crippen molar-refractivity contribution in [3.8, 4) is 0 Å². The number of para-hydroxylation sites is 1. The molecule has 0 bridgehead atoms. The number of carbonyl (C=O) groups is 1. The maximum absolute atomic E-state index is 12.6. The SMILES string of the molecule is Cc1ccccc1N1CCN(C(=O)c2cc(=O)[nH]c(=O)[nH]2)[C@@H](C)C1. The zero-order chi connectivity index (χ0) is 17.3. The fourth-order valence-electron chi connectivity index (χ4n) is 3.14. The van der Waals surface area contributed by atoms with Crippen LogP contribution >= 0.6 is 0 Å². The third-order valence-electron chi connectivity index (χ3n) is 4.34. The Balaban J connectivity index is 1.78. The molecule has 2 N–H and O–H groups in total. The zero-order valence-corrected chi connectivity index (χ0v) is 13.7. The van der Waals surface area contributed by atoms with Gasteiger partial charge in [0.05, 0.1) is 0 Å². The van der Waals surface area contributed by atoms with Crippen molar-refractivity contribution in [2.24, 2.45) is 0 Å². The zero-order valence-electron chi connectivity index (χ0n) is 13.7. The number of rotatable bonds is 2. The highest BCUT2D eigenvalue weighted by atomic mass is 16.2. The molecule has 2 heterocycles. The second-order valence-corrected chi connectivity index (χ2v) is 6.08. The Morgan fingerprint density at radius 1 is 1.17 bits per heavy atom. The molecule has 1 aliphatic heterocycles. The van der Waals surface area contributed by atoms with E-state index < -0.39 is 11.2 Å². The number of nitrogens with one attached hydrogen (secondary N) is 2. The molecule has 1 amide bonds. The lowest BCUT2D eigenvalue weighted by atomic mass is 10.1. The van der Waals surface area contributed by atoms with E-state index in [2.05, 4.69) is 33.9 Å². The first-order chi connectivity index (χ1) is 11.5. The van der Waals surface area contributed by atoms with Gasteiger partial charge in [0.2, 0.25) is 0 Å². The first-order valence-electron chi connectivity index (χ1n) is 7.91. The smallest absolute Gasteiger partial charge is 0.326 e. The average molecular weight is 328 g/mol. The molecule has 1 aromatic carbocycles. The van der Waals surface area contributed by atoms with Crippen LogP contribution in [0, 0.1) is 6.92 Å². The van der Waals surface area contributed by atoms with Gasteiger partial charge in [-0.1, -0.05) is 18.2 Å². The number of amides is 1. The molecule has 3 rings (SSSR count). The number of nitrogens with zero attached hydrogens (tertiary/aromatic N) is 2. The number of piperazine rings is 1. The van der Waals surface area contributed by atoms with E-state index >= 15 is 0 Å². The maximum atomic E-state index is 12.6. The number of anilines is 1. The molecular weight excluding hydrogens is 308 g/mol. The third-order valence-corrected chi connectivity index (χ3v) is 4.34. The molecule has 1 saturated heterocycles. The molecule has 1 aromatic heterocycles. The van der Waals surface area contributed by atoms with Crippen molar-refractivity contribution in [2.75, 3.05) is 24.5 Å². The molecule has 2 aromatic rings. The lowest BCUT2D eigenvalue weighted by molar-refractivity contribution is 0.0667. The van der Waals surface area contributed by atoms with E-state index in [0.717, 1.165) is 6.07 Å². The monoisotopic (exact) mass is 328 g/mol. The Kier molecular flexibility index (Phi) is 4.24. The molecule has 7 nitrogen and oxygen atoms in total. The Bertz CT molecular complexity index is 842. The minimum atomic E-state index is -0.669. The van der Waals surface area contributed by atoms with Crippen LogP contribution in [-0.2, 0) is 0 Å². The van der Waals surface area contributed by atoms with Crippen LogP contribution in [-0.4, -0.2) is 46.5 Å². The molecule has 24 heavy (non-hydrogen) atoms. The van der Waals surface area contributed by atoms with Crippen molar-refractivity contribution in [1.82, 2.24) is 14.9 Å². The van der Waals surface area contributed by atoms with E-state index in [1.807, 2.05) is 19.1 Å². The van der Waals surface area contributed by atoms with Gasteiger partial charge in [0.25, 0.3) is 11.5 Å². The predicted molar refractivity (Wildman–Crippen MR) is 91.6 cm³/mol. The number of hydrogen-bond donors (Lipinski definition) is 2. The number of aromatic nitrogens is 2. The lowest BCUT2D eigenvalue weighted by Gasteiger charge is -2.41. The molecule has 1 atom stereocenters. The van der Waals surface area contributed by atoms with Crippen LogP contribution in [0.4, 0.5) is 5.69 Å². The summed E-state index contributed by atoms with van der Waals surface area (Å²) in [5, 5.41) is 0. The number of H-pyrrole nitrogens is 2. The third kappa shape index (κ3) is 3.10. The lowest BCUT2D eigenvalue weighted by Crippen LogP contribution is -2.54. The Morgan fingerprint density at radius 3 is 2.58 bits per heavy atom. The fourth-order valence-corrected chi connectivity index (χ4v) is 3.14. The summed E-state index contributed by atoms with van der Waals surface area (Å²) in [6, 6.07) is 9.25. The summed E-state index contributed by atoms with van der Waals surface area (Å²) < 4.78 is 0. The van der Waals surface area contributed by atoms with E-state index in [4.69, 9.17) is 0 Å². The van der Waals surface area contributed by atoms with Gasteiger partial charge in [-0.2, -0.15) is 0 Å². The fraction of sp³-hybridized carbons (Fsp3) is 0.353. The van der Waals surface area contributed by atoms with E-state index in [1.165, 1.54) is 11.3 Å². The van der Waals surface area contributed by atoms with Gasteiger partial charge in [-0.15, -0.1) is 0 Å². The normalized spacial score (nSPS) is 17.8. The second kappa shape index (κ2) is 6.35. The number of carbonyl (C=O) groups excluding carboxylic acids is 1. The molecule has 1 fully saturated rings. The van der Waals surface area contributed by atoms with E-state index in [-0.39, 0.29) is 17.6 Å². The first-order valence-corrected chi connectivity index (χ1v) is 7.91. The van der Waals surface area contributed by atoms with Crippen molar-refractivity contribution in [3.63, 3.8) is 0 Å². The van der Waals surface area contributed by atoms with Gasteiger partial charge in [0.15, 0.2) is 0 Å². The average Bonchev–Trinajstić information content (AvgIpc) is 2.53. The summed E-state index contributed by atoms with van der Waals surface area (Å²) in [4.78, 5) is 43.8. The summed E-state index contributed by atoms with van der Waals surface area (Å²) in [5.41, 5.74) is 1.15. The van der Waals surface area contributed by atoms with Gasteiger partial charge < -0.3 is 14.8 Å². The van der Waals surface area contributed by atoms with Gasteiger partial charge in [-0.05, 0) is 25.5 Å². The minimum Gasteiger partial charge on any atom is -0.367 e. The summed E-state index contributed by atoms with van der Waals surface area (Å²) in [6.45, 7) is 5.97. The van der Waals surface area contributed by atoms with E-state index in [9.17, 15) is 14.4 Å². The Hall–Kier alpha value is -2.83. The molecule has 0 saturated carbocycles. The summed E-state index contributed by atoms with van der Waals surface area (Å²) in [7, 11) is 0. The van der Waals surface area contributed by atoms with E-state index in [1.54, 1.807) is 4.90 Å². The molecule has 0 unspecified atom stereocenters. The molecule has 7 heteroatoms. The predicted octanol–water partition coefficient (Wildman–Crippen LogP) is 0.723. The first kappa shape index (κ1) is 16.0. The summed E-state index contributed by atoms with van der Waals surface area (Å²) >= 11 is 0. The number of benzene rings is 1. The van der Waals surface area contributed by atoms with Crippen molar-refractivity contribution in [3.05, 3.63) is 62.4 Å². The van der Waals surface area contributed by atoms with Crippen LogP contribution in [0.2, 0.25) is 0 Å². The molecule has 1 aliphatic rings. The van der Waals surface area contributed by atoms with Gasteiger partial charge in [0.1, 0.15) is 5.69 Å². The van der Waals surface area contributed by atoms with Crippen molar-refractivity contribution in [1.29, 1.82) is 0 Å². The number of hydrogen-bond acceptors (Lipinski definition) is 4. The standard InChI is InChI=1S/C17H20N4O3/c1-11-5-3-4-6-14(11)20-7-8-21(12(2)10-20)16(23)13-9-15(22)19-17(24)18-13/h3-6,9,12H,7-8,10H2,1-2H3,(H2,18,19,22,24)/t12-/m0/s1. The van der Waals surface area contributed by atoms with E-state index in [0.29, 0.717) is 19.6 Å². The summed E-state index contributed by atoms with van der Waals surface area (Å²) in [6.07, 6.45) is 0. The molecule has 0 spiro atoms. The maximum Gasteiger partial charge on any atom is 0.326 e. The highest BCUT2D eigenvalue weighted by Crippen LogP contribution is 2.23. The van der Waals surface area contributed by atoms with Crippen molar-refractivity contribution < 1.29 is 4.79 Å². The Labute approximate surface area is 138 Å². The largest absolute Gasteiger partial charge is 0.367 e. The van der Waals surface area contributed by atoms with Gasteiger partial charge >= 0.3 is 5.69 Å². The highest BCUT2D eigenvalue weighted by molar-refractivity contribution is 5.92. The number of aryl methyl sites for hydroxylation is 1. The van der Waals surface area contributed by atoms with Crippen LogP contribution in [0.15, 0.2) is 39.9 Å². The molecule has 0 radical (unpaired) electrons. The van der Waals surface area contributed by atoms with Gasteiger partial charge in [0, 0.05) is 37.4 Å². The minimum absolute atomic E-state index is 0.0277. The molecular formula is C17H20N4O3. The highest BCUT2D eigenvalue weighted by Gasteiger charge is 2.29. The van der Waals surface area contributed by atoms with Crippen LogP contribution in [0.25, 0.3) is 0 Å². The van der Waals surface area contributed by atoms with Crippen molar-refractivity contribution >= 4 is 11.6 Å². The molecule has 0 aliphatic carbocycles. The topological polar surface area (TPSA) is 89.3 Å². The number of aromatic amines is 2. The van der Waals surface area contributed by atoms with Crippen LogP contribution in [0.1, 0.15) is 23.0 Å².